The third kappa shape index (κ3) is 5.09. The predicted octanol–water partition coefficient (Wildman–Crippen LogP) is 5.43. The molecule has 0 radical (unpaired) electrons. The molecule has 22 heavy (non-hydrogen) atoms. The third-order valence-corrected chi connectivity index (χ3v) is 10.2. The van der Waals surface area contributed by atoms with E-state index in [0.29, 0.717) is 13.2 Å². The Bertz CT molecular complexity index is 557. The molecule has 0 unspecified atom stereocenters. The van der Waals surface area contributed by atoms with Gasteiger partial charge in [-0.3, -0.25) is 0 Å². The van der Waals surface area contributed by atoms with E-state index in [-0.39, 0.29) is 5.25 Å². The monoisotopic (exact) mass is 400 g/mol. The van der Waals surface area contributed by atoms with Crippen molar-refractivity contribution in [2.45, 2.75) is 19.1 Å². The zero-order chi connectivity index (χ0) is 15.8. The normalized spacial score (nSPS) is 11.8. The summed E-state index contributed by atoms with van der Waals surface area (Å²) in [5.74, 6) is 0. The Morgan fingerprint density at radius 2 is 1.27 bits per heavy atom. The van der Waals surface area contributed by atoms with Crippen LogP contribution in [0.5, 0.6) is 0 Å². The molecule has 0 saturated heterocycles. The molecule has 2 aromatic carbocycles. The topological polar surface area (TPSA) is 18.5 Å². The maximum atomic E-state index is 5.94. The molecule has 2 nitrogen and oxygen atoms in total. The zero-order valence-corrected chi connectivity index (χ0v) is 16.3. The van der Waals surface area contributed by atoms with E-state index in [0.717, 1.165) is 0 Å². The molecule has 118 valence electrons. The van der Waals surface area contributed by atoms with Gasteiger partial charge in [0.1, 0.15) is 0 Å². The molecule has 0 spiro atoms. The van der Waals surface area contributed by atoms with E-state index in [4.69, 9.17) is 9.05 Å². The van der Waals surface area contributed by atoms with Gasteiger partial charge in [0.2, 0.25) is 0 Å². The van der Waals surface area contributed by atoms with Crippen molar-refractivity contribution in [3.63, 3.8) is 0 Å². The van der Waals surface area contributed by atoms with E-state index < -0.39 is 5.16 Å². The first-order valence-corrected chi connectivity index (χ1v) is 12.7. The summed E-state index contributed by atoms with van der Waals surface area (Å²) in [7, 11) is 0. The quantitative estimate of drug-likeness (QED) is 0.436. The summed E-state index contributed by atoms with van der Waals surface area (Å²) in [4.78, 5) is 0. The van der Waals surface area contributed by atoms with Crippen LogP contribution in [0.4, 0.5) is 0 Å². The molecular weight excluding hydrogens is 378 g/mol. The van der Waals surface area contributed by atoms with Crippen LogP contribution in [-0.2, 0) is 9.05 Å². The van der Waals surface area contributed by atoms with E-state index in [1.807, 2.05) is 26.0 Å². The van der Waals surface area contributed by atoms with Gasteiger partial charge in [0.15, 0.2) is 0 Å². The molecule has 0 N–H and O–H groups in total. The van der Waals surface area contributed by atoms with Crippen LogP contribution in [-0.4, -0.2) is 28.3 Å². The second kappa shape index (κ2) is 9.08. The number of rotatable bonds is 8. The van der Waals surface area contributed by atoms with Gasteiger partial charge in [-0.15, -0.1) is 0 Å². The second-order valence-corrected chi connectivity index (χ2v) is 13.3. The molecule has 0 aromatic heterocycles. The Balaban J connectivity index is 2.35. The first-order valence-electron chi connectivity index (χ1n) is 7.36. The van der Waals surface area contributed by atoms with Gasteiger partial charge in [0.05, 0.1) is 0 Å². The standard InChI is InChI=1S/C17H21O2PSSe/c1-3-18-20(22,19-4-2)21-17(15-11-7-5-8-12-15)16-13-9-6-10-14-16/h5-14,17H,3-4H2,1-2H3. The maximum absolute atomic E-state index is 5.94. The molecule has 0 saturated carbocycles. The summed E-state index contributed by atoms with van der Waals surface area (Å²) in [5, 5.41) is -1.87. The number of hydrogen-bond donors (Lipinski definition) is 0. The van der Waals surface area contributed by atoms with E-state index in [1.165, 1.54) is 11.1 Å². The Morgan fingerprint density at radius 3 is 1.64 bits per heavy atom. The van der Waals surface area contributed by atoms with Crippen molar-refractivity contribution < 1.29 is 9.05 Å². The summed E-state index contributed by atoms with van der Waals surface area (Å²) in [5.41, 5.74) is 2.52. The van der Waals surface area contributed by atoms with Crippen LogP contribution in [0.25, 0.3) is 0 Å². The molecule has 0 fully saturated rings. The Morgan fingerprint density at radius 1 is 0.864 bits per heavy atom. The second-order valence-electron chi connectivity index (χ2n) is 4.59. The van der Waals surface area contributed by atoms with Crippen molar-refractivity contribution in [1.82, 2.24) is 0 Å². The van der Waals surface area contributed by atoms with Crippen LogP contribution in [0.1, 0.15) is 30.2 Å². The molecule has 2 aromatic rings. The minimum absolute atomic E-state index is 0.190. The zero-order valence-electron chi connectivity index (χ0n) is 12.8. The SMILES string of the molecule is CCOP(=[Se])(OCC)SC(c1ccccc1)c1ccccc1. The fraction of sp³-hybridized carbons (Fsp3) is 0.294. The van der Waals surface area contributed by atoms with Crippen LogP contribution in [0.3, 0.4) is 0 Å². The molecule has 2 rings (SSSR count). The number of hydrogen-bond acceptors (Lipinski definition) is 3. The molecule has 5 heteroatoms. The first-order chi connectivity index (χ1) is 10.7. The average Bonchev–Trinajstić information content (AvgIpc) is 2.55. The molecule has 0 aliphatic carbocycles. The molecule has 0 heterocycles. The van der Waals surface area contributed by atoms with Gasteiger partial charge < -0.3 is 0 Å². The summed E-state index contributed by atoms with van der Waals surface area (Å²) < 4.78 is 11.9. The Hall–Kier alpha value is -0.341. The van der Waals surface area contributed by atoms with Gasteiger partial charge in [-0.1, -0.05) is 0 Å². The van der Waals surface area contributed by atoms with E-state index in [2.05, 4.69) is 63.6 Å². The summed E-state index contributed by atoms with van der Waals surface area (Å²) >= 11 is 4.95. The van der Waals surface area contributed by atoms with E-state index in [9.17, 15) is 0 Å². The van der Waals surface area contributed by atoms with Crippen molar-refractivity contribution in [2.24, 2.45) is 0 Å². The van der Waals surface area contributed by atoms with Gasteiger partial charge in [-0.2, -0.15) is 0 Å². The van der Waals surface area contributed by atoms with Crippen LogP contribution in [0.2, 0.25) is 0 Å². The van der Waals surface area contributed by atoms with Gasteiger partial charge >= 0.3 is 145 Å². The van der Waals surface area contributed by atoms with Crippen molar-refractivity contribution in [3.05, 3.63) is 71.8 Å². The van der Waals surface area contributed by atoms with Crippen LogP contribution < -0.4 is 0 Å². The fourth-order valence-corrected chi connectivity index (χ4v) is 9.21. The third-order valence-electron chi connectivity index (χ3n) is 3.01. The van der Waals surface area contributed by atoms with Crippen LogP contribution >= 0.6 is 16.5 Å². The van der Waals surface area contributed by atoms with Gasteiger partial charge in [0.25, 0.3) is 0 Å². The van der Waals surface area contributed by atoms with Gasteiger partial charge in [-0.25, -0.2) is 0 Å². The van der Waals surface area contributed by atoms with Crippen molar-refractivity contribution >= 4 is 31.6 Å². The molecule has 0 aliphatic heterocycles. The summed E-state index contributed by atoms with van der Waals surface area (Å²) in [6.07, 6.45) is 0. The van der Waals surface area contributed by atoms with Gasteiger partial charge in [0, 0.05) is 0 Å². The average molecular weight is 399 g/mol. The molecule has 0 amide bonds. The van der Waals surface area contributed by atoms with Crippen LogP contribution in [0.15, 0.2) is 60.7 Å². The first kappa shape index (κ1) is 18.0. The Kier molecular flexibility index (Phi) is 7.43. The van der Waals surface area contributed by atoms with Gasteiger partial charge in [-0.05, 0) is 0 Å². The fourth-order valence-electron chi connectivity index (χ4n) is 2.11. The molecular formula is C17H21O2PSSe. The Labute approximate surface area is 144 Å². The predicted molar refractivity (Wildman–Crippen MR) is 98.2 cm³/mol. The van der Waals surface area contributed by atoms with E-state index in [1.54, 1.807) is 11.4 Å². The van der Waals surface area contributed by atoms with Crippen molar-refractivity contribution in [1.29, 1.82) is 0 Å². The van der Waals surface area contributed by atoms with E-state index >= 15 is 0 Å². The summed E-state index contributed by atoms with van der Waals surface area (Å²) in [6.45, 7) is 5.30. The molecule has 0 aliphatic rings. The van der Waals surface area contributed by atoms with Crippen molar-refractivity contribution in [2.75, 3.05) is 13.2 Å². The van der Waals surface area contributed by atoms with Crippen LogP contribution in [0, 0.1) is 0 Å². The molecule has 0 bridgehead atoms. The van der Waals surface area contributed by atoms with Crippen molar-refractivity contribution in [3.8, 4) is 0 Å². The molecule has 0 atom stereocenters. The summed E-state index contributed by atoms with van der Waals surface area (Å²) in [6, 6.07) is 21.0. The number of benzene rings is 2. The minimum atomic E-state index is -2.06.